The lowest BCUT2D eigenvalue weighted by Gasteiger charge is -2.43. The highest BCUT2D eigenvalue weighted by molar-refractivity contribution is 7.98. The van der Waals surface area contributed by atoms with Crippen LogP contribution in [0.5, 0.6) is 5.88 Å². The van der Waals surface area contributed by atoms with Crippen LogP contribution in [0, 0.1) is 0 Å². The van der Waals surface area contributed by atoms with Gasteiger partial charge in [-0.05, 0) is 24.0 Å². The van der Waals surface area contributed by atoms with Gasteiger partial charge in [0.25, 0.3) is 0 Å². The Balaban J connectivity index is 2.11. The number of carbonyl (C=O) groups excluding carboxylic acids is 4. The third-order valence-corrected chi connectivity index (χ3v) is 6.84. The maximum absolute atomic E-state index is 14.2. The van der Waals surface area contributed by atoms with Crippen LogP contribution >= 0.6 is 11.8 Å². The second-order valence-electron chi connectivity index (χ2n) is 9.46. The van der Waals surface area contributed by atoms with E-state index in [4.69, 9.17) is 28.4 Å². The van der Waals surface area contributed by atoms with E-state index in [-0.39, 0.29) is 12.0 Å². The largest absolute Gasteiger partial charge is 0.463 e. The van der Waals surface area contributed by atoms with Crippen molar-refractivity contribution in [2.45, 2.75) is 75.9 Å². The highest BCUT2D eigenvalue weighted by atomic mass is 32.2. The van der Waals surface area contributed by atoms with Crippen LogP contribution in [0.15, 0.2) is 29.2 Å². The average Bonchev–Trinajstić information content (AvgIpc) is 3.20. The minimum atomic E-state index is -4.83. The van der Waals surface area contributed by atoms with Gasteiger partial charge in [0.15, 0.2) is 12.2 Å². The minimum Gasteiger partial charge on any atom is -0.463 e. The molecule has 1 saturated heterocycles. The molecule has 1 aliphatic heterocycles. The van der Waals surface area contributed by atoms with Crippen LogP contribution in [0.25, 0.3) is 0 Å². The first-order valence-corrected chi connectivity index (χ1v) is 14.1. The van der Waals surface area contributed by atoms with Crippen molar-refractivity contribution in [2.24, 2.45) is 7.05 Å². The van der Waals surface area contributed by atoms with Crippen LogP contribution in [0.4, 0.5) is 13.2 Å². The van der Waals surface area contributed by atoms with Crippen molar-refractivity contribution in [3.8, 4) is 5.88 Å². The molecule has 2 heterocycles. The molecule has 0 saturated carbocycles. The van der Waals surface area contributed by atoms with Gasteiger partial charge in [-0.15, -0.1) is 16.9 Å². The van der Waals surface area contributed by atoms with E-state index in [0.717, 1.165) is 39.6 Å². The first-order chi connectivity index (χ1) is 20.1. The van der Waals surface area contributed by atoms with E-state index < -0.39 is 78.9 Å². The van der Waals surface area contributed by atoms with Crippen molar-refractivity contribution in [3.05, 3.63) is 41.1 Å². The monoisotopic (exact) mass is 632 g/mol. The van der Waals surface area contributed by atoms with Crippen LogP contribution in [-0.2, 0) is 62.5 Å². The Hall–Kier alpha value is -3.79. The minimum absolute atomic E-state index is 0.252. The maximum Gasteiger partial charge on any atom is 0.433 e. The number of benzene rings is 1. The van der Waals surface area contributed by atoms with E-state index >= 15 is 0 Å². The van der Waals surface area contributed by atoms with Crippen LogP contribution < -0.4 is 4.74 Å². The number of alkyl halides is 3. The van der Waals surface area contributed by atoms with Gasteiger partial charge in [0, 0.05) is 46.1 Å². The van der Waals surface area contributed by atoms with E-state index in [9.17, 15) is 32.3 Å². The van der Waals surface area contributed by atoms with Crippen molar-refractivity contribution in [1.82, 2.24) is 9.78 Å². The Morgan fingerprint density at radius 1 is 0.907 bits per heavy atom. The molecule has 0 radical (unpaired) electrons. The standard InChI is InChI=1S/C27H31F3N2O10S/c1-13(33)37-12-20-21(38-14(2)34)22(39-15(3)35)23(40-16(4)36)26(41-20)42-25-19(24(27(28,29)30)32(5)31-25)11-17-7-9-18(43-6)10-8-17/h7-10,20-23,26H,11-12H2,1-6H3/t20-,21-,22+,23-,26?/m1/s1. The van der Waals surface area contributed by atoms with Gasteiger partial charge >= 0.3 is 30.1 Å². The molecule has 16 heteroatoms. The molecule has 0 N–H and O–H groups in total. The summed E-state index contributed by atoms with van der Waals surface area (Å²) in [5, 5.41) is 3.94. The van der Waals surface area contributed by atoms with Crippen molar-refractivity contribution >= 4 is 35.6 Å². The summed E-state index contributed by atoms with van der Waals surface area (Å²) in [6.45, 7) is 3.69. The first kappa shape index (κ1) is 33.7. The first-order valence-electron chi connectivity index (χ1n) is 12.8. The summed E-state index contributed by atoms with van der Waals surface area (Å²) in [7, 11) is 1.09. The predicted molar refractivity (Wildman–Crippen MR) is 142 cm³/mol. The second-order valence-corrected chi connectivity index (χ2v) is 10.3. The Morgan fingerprint density at radius 3 is 1.98 bits per heavy atom. The number of thioether (sulfide) groups is 1. The molecule has 1 fully saturated rings. The van der Waals surface area contributed by atoms with Crippen LogP contribution in [0.3, 0.4) is 0 Å². The number of rotatable bonds is 10. The Labute approximate surface area is 249 Å². The molecule has 1 unspecified atom stereocenters. The smallest absolute Gasteiger partial charge is 0.433 e. The van der Waals surface area contributed by atoms with E-state index in [0.29, 0.717) is 10.2 Å². The van der Waals surface area contributed by atoms with Gasteiger partial charge in [0.05, 0.1) is 5.56 Å². The number of aryl methyl sites for hydroxylation is 1. The van der Waals surface area contributed by atoms with Gasteiger partial charge in [-0.25, -0.2) is 0 Å². The molecule has 0 amide bonds. The van der Waals surface area contributed by atoms with E-state index in [2.05, 4.69) is 5.10 Å². The van der Waals surface area contributed by atoms with Crippen molar-refractivity contribution in [2.75, 3.05) is 12.9 Å². The summed E-state index contributed by atoms with van der Waals surface area (Å²) in [5.41, 5.74) is -0.926. The summed E-state index contributed by atoms with van der Waals surface area (Å²) in [6.07, 6.45) is -11.0. The number of hydrogen-bond donors (Lipinski definition) is 0. The fourth-order valence-corrected chi connectivity index (χ4v) is 4.90. The Morgan fingerprint density at radius 2 is 1.47 bits per heavy atom. The lowest BCUT2D eigenvalue weighted by Crippen LogP contribution is -2.63. The van der Waals surface area contributed by atoms with Crippen LogP contribution in [0.2, 0.25) is 0 Å². The van der Waals surface area contributed by atoms with E-state index in [1.807, 2.05) is 6.26 Å². The molecule has 0 aliphatic carbocycles. The molecule has 1 aliphatic rings. The fraction of sp³-hybridized carbons (Fsp3) is 0.519. The molecule has 2 aromatic rings. The normalized spacial score (nSPS) is 21.9. The molecule has 236 valence electrons. The molecular formula is C27H31F3N2O10S. The van der Waals surface area contributed by atoms with Crippen molar-refractivity contribution in [1.29, 1.82) is 0 Å². The molecule has 12 nitrogen and oxygen atoms in total. The zero-order valence-electron chi connectivity index (χ0n) is 24.1. The van der Waals surface area contributed by atoms with E-state index in [1.54, 1.807) is 24.3 Å². The zero-order chi connectivity index (χ0) is 32.1. The molecule has 43 heavy (non-hydrogen) atoms. The maximum atomic E-state index is 14.2. The summed E-state index contributed by atoms with van der Waals surface area (Å²) < 4.78 is 76.0. The Bertz CT molecular complexity index is 1330. The van der Waals surface area contributed by atoms with Gasteiger partial charge < -0.3 is 28.4 Å². The quantitative estimate of drug-likeness (QED) is 0.216. The number of nitrogens with zero attached hydrogens (tertiary/aromatic N) is 2. The van der Waals surface area contributed by atoms with Gasteiger partial charge in [-0.3, -0.25) is 23.9 Å². The van der Waals surface area contributed by atoms with Crippen molar-refractivity contribution in [3.63, 3.8) is 0 Å². The van der Waals surface area contributed by atoms with Crippen molar-refractivity contribution < 1.29 is 60.8 Å². The Kier molecular flexibility index (Phi) is 11.1. The molecule has 0 spiro atoms. The highest BCUT2D eigenvalue weighted by Gasteiger charge is 2.54. The zero-order valence-corrected chi connectivity index (χ0v) is 24.9. The lowest BCUT2D eigenvalue weighted by atomic mass is 9.98. The SMILES string of the molecule is CSc1ccc(Cc2c(OC3O[C@H](COC(C)=O)[C@@H](OC(C)=O)[C@H](OC(C)=O)[C@H]3OC(C)=O)nn(C)c2C(F)(F)F)cc1. The molecule has 1 aromatic heterocycles. The van der Waals surface area contributed by atoms with Crippen LogP contribution in [-0.4, -0.2) is 77.2 Å². The van der Waals surface area contributed by atoms with E-state index in [1.165, 1.54) is 11.8 Å². The molecule has 0 bridgehead atoms. The number of hydrogen-bond acceptors (Lipinski definition) is 12. The average molecular weight is 633 g/mol. The summed E-state index contributed by atoms with van der Waals surface area (Å²) in [6, 6.07) is 6.83. The third kappa shape index (κ3) is 8.86. The van der Waals surface area contributed by atoms with Gasteiger partial charge in [0.2, 0.25) is 18.3 Å². The lowest BCUT2D eigenvalue weighted by molar-refractivity contribution is -0.289. The third-order valence-electron chi connectivity index (χ3n) is 6.09. The van der Waals surface area contributed by atoms with Gasteiger partial charge in [-0.2, -0.15) is 13.2 Å². The number of esters is 4. The van der Waals surface area contributed by atoms with Gasteiger partial charge in [0.1, 0.15) is 18.4 Å². The summed E-state index contributed by atoms with van der Waals surface area (Å²) >= 11 is 1.46. The highest BCUT2D eigenvalue weighted by Crippen LogP contribution is 2.39. The molecule has 5 atom stereocenters. The van der Waals surface area contributed by atoms with Gasteiger partial charge in [-0.1, -0.05) is 12.1 Å². The summed E-state index contributed by atoms with van der Waals surface area (Å²) in [5.74, 6) is -3.86. The second kappa shape index (κ2) is 14.1. The fourth-order valence-electron chi connectivity index (χ4n) is 4.49. The molecule has 3 rings (SSSR count). The molecule has 1 aromatic carbocycles. The number of ether oxygens (including phenoxy) is 6. The predicted octanol–water partition coefficient (Wildman–Crippen LogP) is 3.21. The number of carbonyl (C=O) groups is 4. The number of halogens is 3. The number of aromatic nitrogens is 2. The molecular weight excluding hydrogens is 601 g/mol. The summed E-state index contributed by atoms with van der Waals surface area (Å²) in [4.78, 5) is 48.6. The van der Waals surface area contributed by atoms with Crippen LogP contribution in [0.1, 0.15) is 44.5 Å². The topological polar surface area (TPSA) is 141 Å².